The smallest absolute Gasteiger partial charge is 0.133 e. The molecule has 0 aromatic carbocycles. The van der Waals surface area contributed by atoms with Crippen LogP contribution >= 0.6 is 0 Å². The Balaban J connectivity index is 3.45. The highest BCUT2D eigenvalue weighted by atomic mass is 16.3. The molecule has 172 valence electrons. The maximum Gasteiger partial charge on any atom is 0.133 e. The van der Waals surface area contributed by atoms with Crippen LogP contribution in [0.5, 0.6) is 0 Å². The van der Waals surface area contributed by atoms with Crippen LogP contribution in [0.3, 0.4) is 0 Å². The number of unbranched alkanes of at least 4 members (excludes halogenated alkanes) is 10. The van der Waals surface area contributed by atoms with E-state index in [1.165, 1.54) is 25.7 Å². The van der Waals surface area contributed by atoms with Crippen LogP contribution in [0, 0.1) is 48.4 Å². The van der Waals surface area contributed by atoms with E-state index in [0.717, 1.165) is 64.2 Å². The maximum atomic E-state index is 9.19. The lowest BCUT2D eigenvalue weighted by Crippen LogP contribution is -1.95. The third kappa shape index (κ3) is 23.7. The van der Waals surface area contributed by atoms with E-state index < -0.39 is 12.2 Å². The fourth-order valence-electron chi connectivity index (χ4n) is 2.83. The van der Waals surface area contributed by atoms with Gasteiger partial charge in [-0.15, -0.1) is 24.7 Å². The van der Waals surface area contributed by atoms with Crippen molar-refractivity contribution in [2.45, 2.75) is 102 Å². The summed E-state index contributed by atoms with van der Waals surface area (Å²) in [6, 6.07) is 0. The zero-order valence-corrected chi connectivity index (χ0v) is 19.6. The first-order chi connectivity index (χ1) is 15.7. The van der Waals surface area contributed by atoms with Crippen molar-refractivity contribution < 1.29 is 10.2 Å². The Morgan fingerprint density at radius 1 is 0.531 bits per heavy atom. The predicted molar refractivity (Wildman–Crippen MR) is 137 cm³/mol. The number of rotatable bonds is 16. The molecule has 32 heavy (non-hydrogen) atoms. The highest BCUT2D eigenvalue weighted by Crippen LogP contribution is 2.06. The molecule has 0 radical (unpaired) electrons. The normalized spacial score (nSPS) is 12.6. The lowest BCUT2D eigenvalue weighted by molar-refractivity contribution is 0.280. The minimum absolute atomic E-state index is 0.747. The molecule has 0 amide bonds. The van der Waals surface area contributed by atoms with Crippen molar-refractivity contribution >= 4 is 0 Å². The largest absolute Gasteiger partial charge is 0.377 e. The topological polar surface area (TPSA) is 40.5 Å². The minimum Gasteiger partial charge on any atom is -0.377 e. The van der Waals surface area contributed by atoms with Crippen LogP contribution in [0.2, 0.25) is 0 Å². The third-order valence-corrected chi connectivity index (χ3v) is 4.68. The summed E-state index contributed by atoms with van der Waals surface area (Å²) in [7, 11) is 0. The van der Waals surface area contributed by atoms with Gasteiger partial charge in [0.2, 0.25) is 0 Å². The molecule has 0 bridgehead atoms. The Morgan fingerprint density at radius 3 is 1.34 bits per heavy atom. The minimum atomic E-state index is -0.747. The van der Waals surface area contributed by atoms with Gasteiger partial charge in [0.15, 0.2) is 0 Å². The predicted octanol–water partition coefficient (Wildman–Crippen LogP) is 6.11. The van der Waals surface area contributed by atoms with E-state index in [2.05, 4.69) is 47.7 Å². The van der Waals surface area contributed by atoms with E-state index in [9.17, 15) is 10.2 Å². The molecule has 0 fully saturated rings. The molecule has 2 heteroatoms. The van der Waals surface area contributed by atoms with Crippen molar-refractivity contribution in [1.82, 2.24) is 0 Å². The summed E-state index contributed by atoms with van der Waals surface area (Å²) in [4.78, 5) is 0. The van der Waals surface area contributed by atoms with Gasteiger partial charge in [-0.1, -0.05) is 73.7 Å². The van der Waals surface area contributed by atoms with Crippen LogP contribution in [0.4, 0.5) is 0 Å². The number of hydrogen-bond donors (Lipinski definition) is 2. The van der Waals surface area contributed by atoms with Gasteiger partial charge < -0.3 is 10.2 Å². The van der Waals surface area contributed by atoms with Gasteiger partial charge in [-0.2, -0.15) is 0 Å². The number of aliphatic hydroxyl groups is 2. The molecule has 0 rings (SSSR count). The second-order valence-electron chi connectivity index (χ2n) is 7.57. The first-order valence-corrected chi connectivity index (χ1v) is 11.9. The molecule has 0 aromatic rings. The second kappa shape index (κ2) is 24.6. The highest BCUT2D eigenvalue weighted by molar-refractivity contribution is 5.09. The monoisotopic (exact) mass is 432 g/mol. The summed E-state index contributed by atoms with van der Waals surface area (Å²) in [5.74, 6) is 17.4. The van der Waals surface area contributed by atoms with Gasteiger partial charge in [-0.3, -0.25) is 0 Å². The summed E-state index contributed by atoms with van der Waals surface area (Å²) in [6.07, 6.45) is 34.9. The number of allylic oxidation sites excluding steroid dienone is 4. The zero-order valence-electron chi connectivity index (χ0n) is 19.6. The Hall–Kier alpha value is -2.62. The molecule has 0 aliphatic rings. The van der Waals surface area contributed by atoms with E-state index in [1.807, 2.05) is 12.2 Å². The molecular weight excluding hydrogens is 392 g/mol. The van der Waals surface area contributed by atoms with Gasteiger partial charge in [-0.25, -0.2) is 0 Å². The number of hydrogen-bond acceptors (Lipinski definition) is 2. The summed E-state index contributed by atoms with van der Waals surface area (Å²) >= 11 is 0. The lowest BCUT2D eigenvalue weighted by Gasteiger charge is -1.97. The molecule has 0 aliphatic heterocycles. The average molecular weight is 433 g/mol. The van der Waals surface area contributed by atoms with Crippen molar-refractivity contribution in [3.8, 4) is 48.4 Å². The van der Waals surface area contributed by atoms with Gasteiger partial charge in [0.25, 0.3) is 0 Å². The molecule has 0 aliphatic carbocycles. The quantitative estimate of drug-likeness (QED) is 0.175. The standard InChI is InChI=1S/C30H40O2/c1-3-29(31)27-25-23-21-19-17-15-13-11-9-7-5-6-8-10-12-14-16-18-20-22-24-26-28-30(32)4-2/h1-2,5-6,25-32H,7-8,13-24H2/b6-5-,27-25+,28-26+/t29-,30+. The van der Waals surface area contributed by atoms with Gasteiger partial charge in [0.05, 0.1) is 0 Å². The van der Waals surface area contributed by atoms with Crippen molar-refractivity contribution in [3.05, 3.63) is 36.5 Å². The maximum absolute atomic E-state index is 9.19. The molecule has 0 saturated carbocycles. The third-order valence-electron chi connectivity index (χ3n) is 4.68. The van der Waals surface area contributed by atoms with Crippen molar-refractivity contribution in [2.24, 2.45) is 0 Å². The van der Waals surface area contributed by atoms with Crippen LogP contribution in [0.25, 0.3) is 0 Å². The fourth-order valence-corrected chi connectivity index (χ4v) is 2.83. The Kier molecular flexibility index (Phi) is 22.6. The van der Waals surface area contributed by atoms with E-state index >= 15 is 0 Å². The molecule has 2 N–H and O–H groups in total. The van der Waals surface area contributed by atoms with E-state index in [0.29, 0.717) is 0 Å². The number of aliphatic hydroxyl groups excluding tert-OH is 2. The van der Waals surface area contributed by atoms with Crippen molar-refractivity contribution in [3.63, 3.8) is 0 Å². The molecule has 0 heterocycles. The van der Waals surface area contributed by atoms with Crippen LogP contribution in [0.1, 0.15) is 89.9 Å². The average Bonchev–Trinajstić information content (AvgIpc) is 2.81. The van der Waals surface area contributed by atoms with Crippen LogP contribution in [0.15, 0.2) is 36.5 Å². The first-order valence-electron chi connectivity index (χ1n) is 11.9. The molecule has 0 spiro atoms. The molecule has 0 saturated heterocycles. The van der Waals surface area contributed by atoms with Gasteiger partial charge >= 0.3 is 0 Å². The first kappa shape index (κ1) is 29.4. The van der Waals surface area contributed by atoms with Crippen LogP contribution < -0.4 is 0 Å². The van der Waals surface area contributed by atoms with E-state index in [4.69, 9.17) is 12.8 Å². The summed E-state index contributed by atoms with van der Waals surface area (Å²) in [5.41, 5.74) is 0. The van der Waals surface area contributed by atoms with E-state index in [-0.39, 0.29) is 0 Å². The SMILES string of the molecule is C#C[C@@H](O)/C=C/CCCCCCC#CC/C=C\CC#CCCCCCC/C=C/[C@@H](O)C#C. The van der Waals surface area contributed by atoms with E-state index in [1.54, 1.807) is 12.2 Å². The molecular formula is C30H40O2. The van der Waals surface area contributed by atoms with Crippen molar-refractivity contribution in [1.29, 1.82) is 0 Å². The molecule has 2 atom stereocenters. The summed E-state index contributed by atoms with van der Waals surface area (Å²) < 4.78 is 0. The van der Waals surface area contributed by atoms with Crippen LogP contribution in [-0.4, -0.2) is 22.4 Å². The molecule has 2 nitrogen and oxygen atoms in total. The second-order valence-corrected chi connectivity index (χ2v) is 7.57. The van der Waals surface area contributed by atoms with Crippen LogP contribution in [-0.2, 0) is 0 Å². The lowest BCUT2D eigenvalue weighted by atomic mass is 10.1. The fraction of sp³-hybridized carbons (Fsp3) is 0.533. The zero-order chi connectivity index (χ0) is 23.5. The Bertz CT molecular complexity index is 670. The summed E-state index contributed by atoms with van der Waals surface area (Å²) in [6.45, 7) is 0. The highest BCUT2D eigenvalue weighted by Gasteiger charge is 1.91. The van der Waals surface area contributed by atoms with Gasteiger partial charge in [-0.05, 0) is 50.7 Å². The molecule has 0 unspecified atom stereocenters. The Morgan fingerprint density at radius 2 is 0.938 bits per heavy atom. The van der Waals surface area contributed by atoms with Gasteiger partial charge in [0, 0.05) is 25.7 Å². The summed E-state index contributed by atoms with van der Waals surface area (Å²) in [5, 5.41) is 18.4. The Labute approximate surface area is 197 Å². The van der Waals surface area contributed by atoms with Crippen molar-refractivity contribution in [2.75, 3.05) is 0 Å². The van der Waals surface area contributed by atoms with Gasteiger partial charge in [0.1, 0.15) is 12.2 Å². The molecule has 0 aromatic heterocycles. The number of terminal acetylenes is 2.